The highest BCUT2D eigenvalue weighted by Gasteiger charge is 2.33. The molecule has 5 rings (SSSR count). The number of fused-ring (bicyclic) bond motifs is 3. The summed E-state index contributed by atoms with van der Waals surface area (Å²) in [4.78, 5) is 28.4. The Balaban J connectivity index is 1.38. The Morgan fingerprint density at radius 2 is 1.78 bits per heavy atom. The summed E-state index contributed by atoms with van der Waals surface area (Å²) in [6.07, 6.45) is 0.695. The molecule has 2 heterocycles. The third-order valence-electron chi connectivity index (χ3n) is 6.71. The van der Waals surface area contributed by atoms with E-state index in [1.807, 2.05) is 73.7 Å². The number of nitrogens with zero attached hydrogens (tertiary/aromatic N) is 2. The van der Waals surface area contributed by atoms with Crippen molar-refractivity contribution >= 4 is 22.7 Å². The topological polar surface area (TPSA) is 83.8 Å². The minimum absolute atomic E-state index is 0.0344. The molecule has 7 nitrogen and oxygen atoms in total. The number of para-hydroxylation sites is 1. The first-order valence-electron chi connectivity index (χ1n) is 12.6. The van der Waals surface area contributed by atoms with Crippen molar-refractivity contribution in [3.8, 4) is 5.75 Å². The number of ether oxygens (including phenoxy) is 1. The van der Waals surface area contributed by atoms with Crippen LogP contribution in [-0.2, 0) is 13.0 Å². The van der Waals surface area contributed by atoms with Crippen molar-refractivity contribution in [1.82, 2.24) is 14.8 Å². The predicted octanol–water partition coefficient (Wildman–Crippen LogP) is 3.82. The van der Waals surface area contributed by atoms with Crippen LogP contribution >= 0.6 is 0 Å². The van der Waals surface area contributed by atoms with Crippen molar-refractivity contribution < 1.29 is 19.4 Å². The van der Waals surface area contributed by atoms with Gasteiger partial charge >= 0.3 is 0 Å². The number of aryl methyl sites for hydroxylation is 1. The number of aliphatic hydroxyl groups is 1. The molecule has 2 N–H and O–H groups in total. The molecule has 0 aliphatic carbocycles. The second-order valence-electron chi connectivity index (χ2n) is 9.45. The number of aliphatic hydroxyl groups excluding tert-OH is 1. The molecule has 1 atom stereocenters. The van der Waals surface area contributed by atoms with Crippen LogP contribution in [0.2, 0.25) is 0 Å². The van der Waals surface area contributed by atoms with Gasteiger partial charge in [0.1, 0.15) is 24.6 Å². The summed E-state index contributed by atoms with van der Waals surface area (Å²) in [5.41, 5.74) is 4.38. The van der Waals surface area contributed by atoms with Crippen LogP contribution in [0.15, 0.2) is 78.9 Å². The zero-order valence-electron chi connectivity index (χ0n) is 20.9. The zero-order valence-corrected chi connectivity index (χ0v) is 20.9. The molecule has 0 saturated carbocycles. The van der Waals surface area contributed by atoms with E-state index in [0.717, 1.165) is 27.6 Å². The monoisotopic (exact) mass is 497 g/mol. The van der Waals surface area contributed by atoms with E-state index >= 15 is 0 Å². The summed E-state index contributed by atoms with van der Waals surface area (Å²) in [6, 6.07) is 25.4. The lowest BCUT2D eigenvalue weighted by atomic mass is 10.0. The molecule has 0 fully saturated rings. The van der Waals surface area contributed by atoms with E-state index in [4.69, 9.17) is 9.84 Å². The third-order valence-corrected chi connectivity index (χ3v) is 6.71. The number of rotatable bonds is 10. The van der Waals surface area contributed by atoms with Crippen LogP contribution in [0.3, 0.4) is 0 Å². The van der Waals surface area contributed by atoms with Gasteiger partial charge in [0.05, 0.1) is 12.1 Å². The Bertz CT molecular complexity index is 1410. The molecule has 1 aliphatic rings. The van der Waals surface area contributed by atoms with E-state index in [-0.39, 0.29) is 37.6 Å². The smallest absolute Gasteiger partial charge is 0.271 e. The largest absolute Gasteiger partial charge is 0.491 e. The first-order chi connectivity index (χ1) is 18.0. The van der Waals surface area contributed by atoms with E-state index in [1.165, 1.54) is 0 Å². The molecular weight excluding hydrogens is 466 g/mol. The van der Waals surface area contributed by atoms with Crippen LogP contribution in [0.1, 0.15) is 32.0 Å². The maximum atomic E-state index is 13.5. The number of hydrogen-bond donors (Lipinski definition) is 2. The van der Waals surface area contributed by atoms with Crippen molar-refractivity contribution in [1.29, 1.82) is 0 Å². The summed E-state index contributed by atoms with van der Waals surface area (Å²) in [6.45, 7) is 3.11. The fourth-order valence-corrected chi connectivity index (χ4v) is 4.94. The summed E-state index contributed by atoms with van der Waals surface area (Å²) in [5.74, 6) is 0.473. The maximum absolute atomic E-state index is 13.5. The van der Waals surface area contributed by atoms with E-state index in [9.17, 15) is 9.59 Å². The molecule has 0 bridgehead atoms. The van der Waals surface area contributed by atoms with Gasteiger partial charge < -0.3 is 20.1 Å². The van der Waals surface area contributed by atoms with Gasteiger partial charge in [0.25, 0.3) is 11.8 Å². The average Bonchev–Trinajstić information content (AvgIpc) is 3.29. The minimum Gasteiger partial charge on any atom is -0.491 e. The molecule has 1 aromatic heterocycles. The third kappa shape index (κ3) is 5.43. The number of aromatic nitrogens is 1. The van der Waals surface area contributed by atoms with Crippen LogP contribution in [-0.4, -0.2) is 58.7 Å². The van der Waals surface area contributed by atoms with Gasteiger partial charge in [-0.1, -0.05) is 60.2 Å². The Morgan fingerprint density at radius 1 is 1.00 bits per heavy atom. The van der Waals surface area contributed by atoms with Crippen molar-refractivity contribution in [2.75, 3.05) is 26.3 Å². The van der Waals surface area contributed by atoms with Crippen LogP contribution in [0, 0.1) is 6.92 Å². The Morgan fingerprint density at radius 3 is 2.59 bits per heavy atom. The molecule has 1 aliphatic heterocycles. The number of nitrogens with one attached hydrogen (secondary N) is 1. The van der Waals surface area contributed by atoms with Gasteiger partial charge in [0.2, 0.25) is 0 Å². The average molecular weight is 498 g/mol. The highest BCUT2D eigenvalue weighted by atomic mass is 16.5. The molecule has 7 heteroatoms. The Kier molecular flexibility index (Phi) is 7.35. The van der Waals surface area contributed by atoms with Crippen molar-refractivity contribution in [2.24, 2.45) is 0 Å². The van der Waals surface area contributed by atoms with Crippen molar-refractivity contribution in [3.05, 3.63) is 101 Å². The van der Waals surface area contributed by atoms with E-state index < -0.39 is 0 Å². The molecule has 4 aromatic rings. The molecule has 0 radical (unpaired) electrons. The lowest BCUT2D eigenvalue weighted by Gasteiger charge is -2.31. The summed E-state index contributed by atoms with van der Waals surface area (Å²) in [5, 5.41) is 13.6. The molecular formula is C30H31N3O4. The quantitative estimate of drug-likeness (QED) is 0.348. The number of carbonyl (C=O) groups excluding carboxylic acids is 2. The second-order valence-corrected chi connectivity index (χ2v) is 9.45. The second kappa shape index (κ2) is 11.0. The summed E-state index contributed by atoms with van der Waals surface area (Å²) >= 11 is 0. The van der Waals surface area contributed by atoms with Gasteiger partial charge in [-0.25, -0.2) is 0 Å². The summed E-state index contributed by atoms with van der Waals surface area (Å²) < 4.78 is 7.25. The number of hydrogen-bond acceptors (Lipinski definition) is 5. The molecule has 0 spiro atoms. The normalized spacial score (nSPS) is 14.2. The molecule has 3 aromatic carbocycles. The number of carbonyl (C=O) groups is 2. The lowest BCUT2D eigenvalue weighted by Crippen LogP contribution is -2.50. The molecule has 37 heavy (non-hydrogen) atoms. The van der Waals surface area contributed by atoms with Gasteiger partial charge in [-0.05, 0) is 43.2 Å². The standard InChI is InChI=1S/C30H31N3O4/c1-21-11-12-26-24(15-21)17-27-30(36)32(20-29(35)33(26)27)19-25(16-22-7-3-2-4-8-22)31-18-23-9-5-6-10-28(23)37-14-13-34/h2-12,15,17,25,31,34H,13-14,16,18-20H2,1H3/t25-/m0/s1. The minimum atomic E-state index is -0.139. The molecule has 0 unspecified atom stereocenters. The van der Waals surface area contributed by atoms with Gasteiger partial charge in [0, 0.05) is 30.1 Å². The lowest BCUT2D eigenvalue weighted by molar-refractivity contribution is 0.0608. The Labute approximate surface area is 216 Å². The number of benzene rings is 3. The molecule has 190 valence electrons. The molecule has 0 saturated heterocycles. The van der Waals surface area contributed by atoms with Crippen molar-refractivity contribution in [3.63, 3.8) is 0 Å². The van der Waals surface area contributed by atoms with Gasteiger partial charge in [-0.3, -0.25) is 14.2 Å². The first kappa shape index (κ1) is 24.7. The predicted molar refractivity (Wildman–Crippen MR) is 143 cm³/mol. The highest BCUT2D eigenvalue weighted by molar-refractivity contribution is 6.09. The van der Waals surface area contributed by atoms with Gasteiger partial charge in [0.15, 0.2) is 0 Å². The Hall–Kier alpha value is -3.94. The summed E-state index contributed by atoms with van der Waals surface area (Å²) in [7, 11) is 0. The van der Waals surface area contributed by atoms with Gasteiger partial charge in [-0.2, -0.15) is 0 Å². The van der Waals surface area contributed by atoms with Crippen LogP contribution in [0.4, 0.5) is 0 Å². The molecule has 1 amide bonds. The van der Waals surface area contributed by atoms with E-state index in [2.05, 4.69) is 17.4 Å². The maximum Gasteiger partial charge on any atom is 0.271 e. The van der Waals surface area contributed by atoms with Crippen LogP contribution in [0.5, 0.6) is 5.75 Å². The number of amides is 1. The first-order valence-corrected chi connectivity index (χ1v) is 12.6. The highest BCUT2D eigenvalue weighted by Crippen LogP contribution is 2.26. The van der Waals surface area contributed by atoms with Crippen molar-refractivity contribution in [2.45, 2.75) is 25.9 Å². The fourth-order valence-electron chi connectivity index (χ4n) is 4.94. The van der Waals surface area contributed by atoms with Crippen LogP contribution in [0.25, 0.3) is 10.9 Å². The van der Waals surface area contributed by atoms with E-state index in [0.29, 0.717) is 31.0 Å². The van der Waals surface area contributed by atoms with Crippen LogP contribution < -0.4 is 10.1 Å². The zero-order chi connectivity index (χ0) is 25.8. The SMILES string of the molecule is Cc1ccc2c(c1)cc1n2C(=O)CN(C[C@H](Cc2ccccc2)NCc2ccccc2OCCO)C1=O. The fraction of sp³-hybridized carbons (Fsp3) is 0.267. The van der Waals surface area contributed by atoms with E-state index in [1.54, 1.807) is 9.47 Å². The van der Waals surface area contributed by atoms with Gasteiger partial charge in [-0.15, -0.1) is 0 Å².